The fourth-order valence-electron chi connectivity index (χ4n) is 10.7. The molecule has 0 aromatic carbocycles. The summed E-state index contributed by atoms with van der Waals surface area (Å²) >= 11 is 0. The van der Waals surface area contributed by atoms with Crippen LogP contribution in [-0.2, 0) is 18.9 Å². The summed E-state index contributed by atoms with van der Waals surface area (Å²) in [5.41, 5.74) is 0.590. The maximum atomic E-state index is 12.5. The van der Waals surface area contributed by atoms with Crippen molar-refractivity contribution in [1.29, 1.82) is 0 Å². The molecule has 5 fully saturated rings. The average molecular weight is 693 g/mol. The van der Waals surface area contributed by atoms with E-state index in [0.29, 0.717) is 18.8 Å². The highest BCUT2D eigenvalue weighted by Crippen LogP contribution is 2.70. The molecule has 4 aliphatic carbocycles. The third-order valence-electron chi connectivity index (χ3n) is 13.6. The van der Waals surface area contributed by atoms with Gasteiger partial charge in [0, 0.05) is 11.5 Å². The fourth-order valence-corrected chi connectivity index (χ4v) is 10.7. The van der Waals surface area contributed by atoms with Gasteiger partial charge in [0.2, 0.25) is 0 Å². The molecule has 274 valence electrons. The average Bonchev–Trinajstić information content (AvgIpc) is 3.36. The summed E-state index contributed by atoms with van der Waals surface area (Å²) in [7, 11) is 0. The minimum absolute atomic E-state index is 0.0956. The molecule has 6 aliphatic rings. The first-order valence-corrected chi connectivity index (χ1v) is 17.9. The van der Waals surface area contributed by atoms with Crippen LogP contribution in [0.15, 0.2) is 39.3 Å². The summed E-state index contributed by atoms with van der Waals surface area (Å²) in [4.78, 5) is 12.0. The molecule has 1 aromatic rings. The monoisotopic (exact) mass is 692 g/mol. The molecule has 13 nitrogen and oxygen atoms in total. The lowest BCUT2D eigenvalue weighted by molar-refractivity contribution is -0.357. The smallest absolute Gasteiger partial charge is 0.335 e. The van der Waals surface area contributed by atoms with E-state index in [0.717, 1.165) is 44.1 Å². The number of fused-ring (bicyclic) bond motifs is 5. The van der Waals surface area contributed by atoms with Crippen molar-refractivity contribution in [2.24, 2.45) is 22.7 Å². The van der Waals surface area contributed by atoms with Crippen LogP contribution in [0.3, 0.4) is 0 Å². The van der Waals surface area contributed by atoms with Crippen molar-refractivity contribution in [3.05, 3.63) is 46.0 Å². The number of aliphatic hydroxyl groups excluding tert-OH is 6. The molecular formula is C36H52O13. The summed E-state index contributed by atoms with van der Waals surface area (Å²) in [5.74, 6) is 0.527. The van der Waals surface area contributed by atoms with E-state index in [2.05, 4.69) is 19.9 Å². The maximum Gasteiger partial charge on any atom is 0.335 e. The second-order valence-corrected chi connectivity index (χ2v) is 15.9. The van der Waals surface area contributed by atoms with Crippen LogP contribution in [-0.4, -0.2) is 115 Å². The number of aliphatic hydroxyl groups is 7. The zero-order valence-electron chi connectivity index (χ0n) is 28.3. The molecule has 0 spiro atoms. The molecular weight excluding hydrogens is 640 g/mol. The molecule has 0 amide bonds. The van der Waals surface area contributed by atoms with Crippen LogP contribution in [0.25, 0.3) is 0 Å². The van der Waals surface area contributed by atoms with Gasteiger partial charge < -0.3 is 59.1 Å². The number of hydrogen-bond acceptors (Lipinski definition) is 13. The standard InChI is InChI=1S/C36H52O13/c1-17-31(49-33-29(42)27(40)26(39)24(16-37)48-33)28(41)30(43)32(46-17)47-20-6-10-34(2)19(15-20)4-5-23-22(34)7-11-35(3)21(8-12-36(23,35)44)18-9-13-45-25(38)14-18/h9,13-15,17,20-24,26-33,37,39-44H,4-8,10-12,16H2,1-3H3. The van der Waals surface area contributed by atoms with Crippen molar-refractivity contribution in [3.8, 4) is 0 Å². The Labute approximate surface area is 285 Å². The van der Waals surface area contributed by atoms with Gasteiger partial charge in [-0.25, -0.2) is 4.79 Å². The van der Waals surface area contributed by atoms with Gasteiger partial charge in [-0.15, -0.1) is 0 Å². The summed E-state index contributed by atoms with van der Waals surface area (Å²) in [6, 6.07) is 3.46. The van der Waals surface area contributed by atoms with E-state index >= 15 is 0 Å². The van der Waals surface area contributed by atoms with Gasteiger partial charge in [-0.05, 0) is 93.1 Å². The van der Waals surface area contributed by atoms with Crippen molar-refractivity contribution < 1.29 is 59.1 Å². The van der Waals surface area contributed by atoms with E-state index in [1.165, 1.54) is 11.8 Å². The molecule has 0 radical (unpaired) electrons. The van der Waals surface area contributed by atoms with Crippen LogP contribution in [0.5, 0.6) is 0 Å². The first-order chi connectivity index (χ1) is 23.2. The van der Waals surface area contributed by atoms with Crippen LogP contribution in [0.4, 0.5) is 0 Å². The predicted molar refractivity (Wildman–Crippen MR) is 171 cm³/mol. The Morgan fingerprint density at radius 3 is 2.33 bits per heavy atom. The highest BCUT2D eigenvalue weighted by molar-refractivity contribution is 5.31. The Morgan fingerprint density at radius 1 is 0.857 bits per heavy atom. The van der Waals surface area contributed by atoms with Gasteiger partial charge in [-0.2, -0.15) is 0 Å². The Hall–Kier alpha value is -1.75. The molecule has 7 N–H and O–H groups in total. The van der Waals surface area contributed by atoms with Crippen LogP contribution in [0.1, 0.15) is 83.6 Å². The molecule has 17 unspecified atom stereocenters. The zero-order chi connectivity index (χ0) is 35.0. The van der Waals surface area contributed by atoms with Gasteiger partial charge in [0.05, 0.1) is 30.7 Å². The van der Waals surface area contributed by atoms with Gasteiger partial charge >= 0.3 is 5.63 Å². The topological polar surface area (TPSA) is 209 Å². The Morgan fingerprint density at radius 2 is 1.59 bits per heavy atom. The molecule has 7 rings (SSSR count). The molecule has 3 saturated carbocycles. The lowest BCUT2D eigenvalue weighted by Crippen LogP contribution is -2.64. The number of rotatable bonds is 6. The first-order valence-electron chi connectivity index (χ1n) is 17.9. The van der Waals surface area contributed by atoms with E-state index < -0.39 is 73.6 Å². The van der Waals surface area contributed by atoms with Gasteiger partial charge in [-0.1, -0.05) is 25.5 Å². The quantitative estimate of drug-likeness (QED) is 0.207. The van der Waals surface area contributed by atoms with Crippen molar-refractivity contribution in [2.45, 2.75) is 151 Å². The highest BCUT2D eigenvalue weighted by Gasteiger charge is 2.66. The van der Waals surface area contributed by atoms with Crippen LogP contribution in [0, 0.1) is 22.7 Å². The second-order valence-electron chi connectivity index (χ2n) is 15.9. The molecule has 2 saturated heterocycles. The summed E-state index contributed by atoms with van der Waals surface area (Å²) in [6.45, 7) is 5.51. The Balaban J connectivity index is 1.02. The largest absolute Gasteiger partial charge is 0.431 e. The molecule has 17 atom stereocenters. The van der Waals surface area contributed by atoms with E-state index in [-0.39, 0.29) is 34.4 Å². The highest BCUT2D eigenvalue weighted by atomic mass is 16.7. The van der Waals surface area contributed by atoms with Crippen LogP contribution in [0.2, 0.25) is 0 Å². The van der Waals surface area contributed by atoms with Crippen molar-refractivity contribution in [1.82, 2.24) is 0 Å². The second kappa shape index (κ2) is 13.0. The lowest BCUT2D eigenvalue weighted by Gasteiger charge is -2.62. The van der Waals surface area contributed by atoms with E-state index in [1.807, 2.05) is 6.07 Å². The van der Waals surface area contributed by atoms with Crippen molar-refractivity contribution in [3.63, 3.8) is 0 Å². The summed E-state index contributed by atoms with van der Waals surface area (Å²) in [6.07, 6.45) is -3.89. The molecule has 49 heavy (non-hydrogen) atoms. The third-order valence-corrected chi connectivity index (χ3v) is 13.6. The Bertz CT molecular complexity index is 1450. The normalized spacial score (nSPS) is 51.3. The van der Waals surface area contributed by atoms with Crippen LogP contribution >= 0.6 is 0 Å². The van der Waals surface area contributed by atoms with Crippen molar-refractivity contribution >= 4 is 0 Å². The molecule has 2 aliphatic heterocycles. The lowest BCUT2D eigenvalue weighted by atomic mass is 9.45. The Kier molecular flexibility index (Phi) is 9.48. The minimum Gasteiger partial charge on any atom is -0.431 e. The molecule has 13 heteroatoms. The number of ether oxygens (including phenoxy) is 4. The molecule has 0 bridgehead atoms. The number of hydrogen-bond donors (Lipinski definition) is 7. The third kappa shape index (κ3) is 5.68. The number of allylic oxidation sites excluding steroid dienone is 1. The maximum absolute atomic E-state index is 12.5. The zero-order valence-corrected chi connectivity index (χ0v) is 28.3. The van der Waals surface area contributed by atoms with Gasteiger partial charge in [0.25, 0.3) is 0 Å². The van der Waals surface area contributed by atoms with Crippen molar-refractivity contribution in [2.75, 3.05) is 6.61 Å². The first kappa shape index (κ1) is 35.6. The van der Waals surface area contributed by atoms with Gasteiger partial charge in [0.1, 0.15) is 42.7 Å². The van der Waals surface area contributed by atoms with Gasteiger partial charge in [-0.3, -0.25) is 0 Å². The summed E-state index contributed by atoms with van der Waals surface area (Å²) < 4.78 is 28.4. The van der Waals surface area contributed by atoms with E-state index in [4.69, 9.17) is 23.4 Å². The van der Waals surface area contributed by atoms with E-state index in [9.17, 15) is 40.5 Å². The molecule has 1 aromatic heterocycles. The SMILES string of the molecule is CC1OC(OC2C=C3CCC4C(CCC5(C)C(c6ccoc(=O)c6)CCC45O)C3(C)CC2)C(O)C(O)C1OC1OC(CO)C(O)C(O)C1O. The fraction of sp³-hybridized carbons (Fsp3) is 0.806. The summed E-state index contributed by atoms with van der Waals surface area (Å²) in [5, 5.41) is 74.7. The van der Waals surface area contributed by atoms with E-state index in [1.54, 1.807) is 13.0 Å². The molecule has 3 heterocycles. The van der Waals surface area contributed by atoms with Gasteiger partial charge in [0.15, 0.2) is 12.6 Å². The minimum atomic E-state index is -1.66. The van der Waals surface area contributed by atoms with Crippen LogP contribution < -0.4 is 5.63 Å². The predicted octanol–water partition coefficient (Wildman–Crippen LogP) is 0.838.